The Labute approximate surface area is 246 Å². The minimum Gasteiger partial charge on any atom is -0.486 e. The average Bonchev–Trinajstić information content (AvgIpc) is 2.91. The van der Waals surface area contributed by atoms with Crippen LogP contribution in [0.15, 0.2) is 53.6 Å². The van der Waals surface area contributed by atoms with Crippen molar-refractivity contribution in [2.45, 2.75) is 44.1 Å². The number of primary amides is 1. The van der Waals surface area contributed by atoms with Gasteiger partial charge in [-0.05, 0) is 57.9 Å². The highest BCUT2D eigenvalue weighted by Gasteiger charge is 2.25. The number of anilines is 5. The summed E-state index contributed by atoms with van der Waals surface area (Å²) in [5.74, 6) is 0.719. The lowest BCUT2D eigenvalue weighted by Gasteiger charge is -2.33. The highest BCUT2D eigenvalue weighted by molar-refractivity contribution is 7.89. The molecule has 1 aliphatic rings. The van der Waals surface area contributed by atoms with E-state index in [9.17, 15) is 13.2 Å². The minimum atomic E-state index is -3.72. The number of amides is 1. The fourth-order valence-corrected chi connectivity index (χ4v) is 5.58. The van der Waals surface area contributed by atoms with Gasteiger partial charge in [-0.25, -0.2) is 17.7 Å². The fourth-order valence-electron chi connectivity index (χ4n) is 4.40. The standard InChI is InChI=1S/C28H36ClN7O4S/c1-28(2,3)40-23-16-19(36-14-12-18(13-15-36)25(30)37)10-11-21(23)33-27-31-17-20(29)26(34-27)32-22-8-6-7-9-24(22)41(38,39)35(4)5/h6-11,16-18H,12-15H2,1-5H3,(H2,30,37)(H2,31,32,33,34). The topological polar surface area (TPSA) is 143 Å². The number of ether oxygens (including phenoxy) is 1. The zero-order valence-corrected chi connectivity index (χ0v) is 25.4. The highest BCUT2D eigenvalue weighted by atomic mass is 35.5. The van der Waals surface area contributed by atoms with E-state index >= 15 is 0 Å². The van der Waals surface area contributed by atoms with Crippen LogP contribution in [0.4, 0.5) is 28.8 Å². The van der Waals surface area contributed by atoms with Crippen molar-refractivity contribution in [3.63, 3.8) is 0 Å². The van der Waals surface area contributed by atoms with Gasteiger partial charge in [-0.2, -0.15) is 4.98 Å². The molecule has 0 unspecified atom stereocenters. The molecule has 3 aromatic rings. The number of carbonyl (C=O) groups excluding carboxylic acids is 1. The second-order valence-corrected chi connectivity index (χ2v) is 13.5. The summed E-state index contributed by atoms with van der Waals surface area (Å²) in [5, 5.41) is 6.47. The van der Waals surface area contributed by atoms with E-state index < -0.39 is 15.6 Å². The molecule has 0 radical (unpaired) electrons. The number of piperidine rings is 1. The molecular formula is C28H36ClN7O4S. The molecule has 4 N–H and O–H groups in total. The first-order valence-electron chi connectivity index (χ1n) is 13.2. The van der Waals surface area contributed by atoms with Crippen molar-refractivity contribution in [1.82, 2.24) is 14.3 Å². The molecule has 1 aliphatic heterocycles. The van der Waals surface area contributed by atoms with Crippen molar-refractivity contribution in [2.24, 2.45) is 11.7 Å². The molecular weight excluding hydrogens is 566 g/mol. The van der Waals surface area contributed by atoms with Gasteiger partial charge in [-0.1, -0.05) is 23.7 Å². The van der Waals surface area contributed by atoms with Crippen LogP contribution in [0.3, 0.4) is 0 Å². The predicted octanol–water partition coefficient (Wildman–Crippen LogP) is 4.75. The predicted molar refractivity (Wildman–Crippen MR) is 162 cm³/mol. The van der Waals surface area contributed by atoms with Crippen LogP contribution in [0, 0.1) is 5.92 Å². The van der Waals surface area contributed by atoms with Crippen molar-refractivity contribution >= 4 is 56.4 Å². The number of nitrogens with two attached hydrogens (primary N) is 1. The van der Waals surface area contributed by atoms with Crippen LogP contribution >= 0.6 is 11.6 Å². The van der Waals surface area contributed by atoms with Crippen molar-refractivity contribution in [3.05, 3.63) is 53.7 Å². The van der Waals surface area contributed by atoms with E-state index in [4.69, 9.17) is 22.1 Å². The van der Waals surface area contributed by atoms with E-state index in [1.165, 1.54) is 26.4 Å². The molecule has 2 aromatic carbocycles. The molecule has 1 saturated heterocycles. The fraction of sp³-hybridized carbons (Fsp3) is 0.393. The molecule has 0 bridgehead atoms. The zero-order chi connectivity index (χ0) is 29.9. The second-order valence-electron chi connectivity index (χ2n) is 11.0. The summed E-state index contributed by atoms with van der Waals surface area (Å²) in [7, 11) is -0.778. The summed E-state index contributed by atoms with van der Waals surface area (Å²) in [5.41, 5.74) is 6.95. The number of nitrogens with zero attached hydrogens (tertiary/aromatic N) is 4. The number of hydrogen-bond donors (Lipinski definition) is 3. The Kier molecular flexibility index (Phi) is 8.95. The Morgan fingerprint density at radius 2 is 1.78 bits per heavy atom. The van der Waals surface area contributed by atoms with Gasteiger partial charge in [-0.3, -0.25) is 4.79 Å². The maximum Gasteiger partial charge on any atom is 0.244 e. The maximum absolute atomic E-state index is 12.8. The monoisotopic (exact) mass is 601 g/mol. The highest BCUT2D eigenvalue weighted by Crippen LogP contribution is 2.36. The number of aromatic nitrogens is 2. The zero-order valence-electron chi connectivity index (χ0n) is 23.8. The molecule has 1 fully saturated rings. The van der Waals surface area contributed by atoms with Gasteiger partial charge >= 0.3 is 0 Å². The summed E-state index contributed by atoms with van der Waals surface area (Å²) in [6, 6.07) is 12.3. The lowest BCUT2D eigenvalue weighted by atomic mass is 9.96. The summed E-state index contributed by atoms with van der Waals surface area (Å²) in [6.07, 6.45) is 2.85. The largest absolute Gasteiger partial charge is 0.486 e. The lowest BCUT2D eigenvalue weighted by molar-refractivity contribution is -0.122. The van der Waals surface area contributed by atoms with E-state index in [-0.39, 0.29) is 33.5 Å². The average molecular weight is 602 g/mol. The number of sulfonamides is 1. The number of carbonyl (C=O) groups is 1. The van der Waals surface area contributed by atoms with Crippen molar-refractivity contribution < 1.29 is 17.9 Å². The van der Waals surface area contributed by atoms with Gasteiger partial charge in [0, 0.05) is 44.9 Å². The molecule has 1 amide bonds. The van der Waals surface area contributed by atoms with Crippen LogP contribution in [0.5, 0.6) is 5.75 Å². The number of para-hydroxylation sites is 1. The van der Waals surface area contributed by atoms with E-state index in [2.05, 4.69) is 25.5 Å². The SMILES string of the molecule is CN(C)S(=O)(=O)c1ccccc1Nc1nc(Nc2ccc(N3CCC(C(N)=O)CC3)cc2OC(C)(C)C)ncc1Cl. The van der Waals surface area contributed by atoms with Crippen LogP contribution in [0.2, 0.25) is 5.02 Å². The smallest absolute Gasteiger partial charge is 0.244 e. The summed E-state index contributed by atoms with van der Waals surface area (Å²) < 4.78 is 33.1. The first-order chi connectivity index (χ1) is 19.2. The number of rotatable bonds is 9. The van der Waals surface area contributed by atoms with Crippen LogP contribution < -0.4 is 26.0 Å². The molecule has 13 heteroatoms. The van der Waals surface area contributed by atoms with Gasteiger partial charge in [0.25, 0.3) is 0 Å². The third-order valence-corrected chi connectivity index (χ3v) is 8.68. The van der Waals surface area contributed by atoms with Gasteiger partial charge < -0.3 is 26.0 Å². The number of benzene rings is 2. The number of nitrogens with one attached hydrogen (secondary N) is 2. The third kappa shape index (κ3) is 7.38. The molecule has 0 spiro atoms. The van der Waals surface area contributed by atoms with E-state index in [0.717, 1.165) is 23.1 Å². The second kappa shape index (κ2) is 12.1. The van der Waals surface area contributed by atoms with Gasteiger partial charge in [0.2, 0.25) is 21.9 Å². The summed E-state index contributed by atoms with van der Waals surface area (Å²) in [4.78, 5) is 22.7. The van der Waals surface area contributed by atoms with Gasteiger partial charge in [0.15, 0.2) is 5.82 Å². The van der Waals surface area contributed by atoms with E-state index in [1.54, 1.807) is 18.2 Å². The van der Waals surface area contributed by atoms with Gasteiger partial charge in [0.1, 0.15) is 21.3 Å². The van der Waals surface area contributed by atoms with Crippen molar-refractivity contribution in [3.8, 4) is 5.75 Å². The van der Waals surface area contributed by atoms with Crippen molar-refractivity contribution in [1.29, 1.82) is 0 Å². The number of halogens is 1. The lowest BCUT2D eigenvalue weighted by Crippen LogP contribution is -2.38. The Hall–Kier alpha value is -3.61. The van der Waals surface area contributed by atoms with Gasteiger partial charge in [-0.15, -0.1) is 0 Å². The van der Waals surface area contributed by atoms with Crippen LogP contribution in [0.25, 0.3) is 0 Å². The number of hydrogen-bond acceptors (Lipinski definition) is 9. The molecule has 0 atom stereocenters. The van der Waals surface area contributed by atoms with E-state index in [0.29, 0.717) is 30.0 Å². The maximum atomic E-state index is 12.8. The quantitative estimate of drug-likeness (QED) is 0.317. The summed E-state index contributed by atoms with van der Waals surface area (Å²) >= 11 is 6.40. The Morgan fingerprint density at radius 1 is 1.10 bits per heavy atom. The molecule has 1 aromatic heterocycles. The minimum absolute atomic E-state index is 0.0884. The molecule has 220 valence electrons. The van der Waals surface area contributed by atoms with Crippen LogP contribution in [-0.4, -0.2) is 61.4 Å². The first-order valence-corrected chi connectivity index (χ1v) is 15.0. The van der Waals surface area contributed by atoms with Crippen molar-refractivity contribution in [2.75, 3.05) is 42.7 Å². The molecule has 2 heterocycles. The van der Waals surface area contributed by atoms with Crippen LogP contribution in [0.1, 0.15) is 33.6 Å². The summed E-state index contributed by atoms with van der Waals surface area (Å²) in [6.45, 7) is 7.32. The van der Waals surface area contributed by atoms with Gasteiger partial charge in [0.05, 0.1) is 17.6 Å². The molecule has 4 rings (SSSR count). The third-order valence-electron chi connectivity index (χ3n) is 6.53. The first kappa shape index (κ1) is 30.4. The van der Waals surface area contributed by atoms with Crippen LogP contribution in [-0.2, 0) is 14.8 Å². The molecule has 0 aliphatic carbocycles. The van der Waals surface area contributed by atoms with E-state index in [1.807, 2.05) is 39.0 Å². The Bertz CT molecular complexity index is 1520. The molecule has 41 heavy (non-hydrogen) atoms. The Morgan fingerprint density at radius 3 is 2.41 bits per heavy atom. The normalized spacial score (nSPS) is 14.7. The Balaban J connectivity index is 1.62. The molecule has 0 saturated carbocycles. The molecule has 11 nitrogen and oxygen atoms in total.